The summed E-state index contributed by atoms with van der Waals surface area (Å²) in [6, 6.07) is 31.0. The molecule has 0 aliphatic heterocycles. The van der Waals surface area contributed by atoms with Crippen LogP contribution in [0.1, 0.15) is 16.7 Å². The lowest BCUT2D eigenvalue weighted by Gasteiger charge is -2.32. The average molecular weight is 573 g/mol. The zero-order valence-corrected chi connectivity index (χ0v) is 23.5. The van der Waals surface area contributed by atoms with E-state index in [4.69, 9.17) is 14.2 Å². The number of aliphatic hydroxyl groups is 2. The van der Waals surface area contributed by atoms with E-state index in [0.29, 0.717) is 13.0 Å². The van der Waals surface area contributed by atoms with E-state index in [1.807, 2.05) is 89.8 Å². The number of nitrogens with zero attached hydrogens (tertiary/aromatic N) is 2. The quantitative estimate of drug-likeness (QED) is 0.142. The molecule has 4 rings (SSSR count). The molecule has 0 saturated carbocycles. The summed E-state index contributed by atoms with van der Waals surface area (Å²) in [4.78, 5) is 13.2. The van der Waals surface area contributed by atoms with E-state index in [1.54, 1.807) is 13.2 Å². The summed E-state index contributed by atoms with van der Waals surface area (Å²) in [5, 5.41) is 33.0. The Morgan fingerprint density at radius 3 is 2.10 bits per heavy atom. The third kappa shape index (κ3) is 9.04. The molecule has 4 aromatic carbocycles. The van der Waals surface area contributed by atoms with Crippen LogP contribution >= 0.6 is 0 Å². The maximum absolute atomic E-state index is 11.7. The lowest BCUT2D eigenvalue weighted by Crippen LogP contribution is -2.44. The van der Waals surface area contributed by atoms with E-state index in [0.717, 1.165) is 22.4 Å². The Balaban J connectivity index is 1.41. The van der Waals surface area contributed by atoms with Crippen molar-refractivity contribution in [2.24, 2.45) is 0 Å². The number of methoxy groups -OCH3 is 1. The largest absolute Gasteiger partial charge is 0.497 e. The van der Waals surface area contributed by atoms with E-state index in [-0.39, 0.29) is 49.6 Å². The highest BCUT2D eigenvalue weighted by molar-refractivity contribution is 5.51. The number of hydrogen-bond donors (Lipinski definition) is 2. The number of rotatable bonds is 16. The van der Waals surface area contributed by atoms with E-state index in [2.05, 4.69) is 0 Å². The molecule has 0 aliphatic rings. The van der Waals surface area contributed by atoms with Crippen molar-refractivity contribution in [1.29, 1.82) is 0 Å². The SMILES string of the molecule is COc1ccc(C[C@@H](CO)N(Cc2ccccc2)C[C@H](O)COc2ccc(OCc3ccccc3)c([N+](=O)[O-])c2)cc1. The van der Waals surface area contributed by atoms with Gasteiger partial charge in [-0.25, -0.2) is 0 Å². The molecule has 0 saturated heterocycles. The molecule has 42 heavy (non-hydrogen) atoms. The average Bonchev–Trinajstić information content (AvgIpc) is 3.02. The molecule has 0 radical (unpaired) electrons. The fraction of sp³-hybridized carbons (Fsp3) is 0.273. The highest BCUT2D eigenvalue weighted by atomic mass is 16.6. The predicted molar refractivity (Wildman–Crippen MR) is 160 cm³/mol. The van der Waals surface area contributed by atoms with Crippen molar-refractivity contribution in [2.75, 3.05) is 26.9 Å². The van der Waals surface area contributed by atoms with Crippen molar-refractivity contribution in [2.45, 2.75) is 31.7 Å². The summed E-state index contributed by atoms with van der Waals surface area (Å²) < 4.78 is 16.7. The second kappa shape index (κ2) is 15.5. The van der Waals surface area contributed by atoms with Gasteiger partial charge in [0.25, 0.3) is 0 Å². The molecule has 0 bridgehead atoms. The van der Waals surface area contributed by atoms with Gasteiger partial charge in [0.2, 0.25) is 0 Å². The van der Waals surface area contributed by atoms with Crippen LogP contribution in [-0.4, -0.2) is 59.1 Å². The molecule has 0 amide bonds. The number of nitro benzene ring substituents is 1. The highest BCUT2D eigenvalue weighted by Gasteiger charge is 2.23. The van der Waals surface area contributed by atoms with Gasteiger partial charge in [-0.2, -0.15) is 0 Å². The summed E-state index contributed by atoms with van der Waals surface area (Å²) in [5.41, 5.74) is 2.74. The van der Waals surface area contributed by atoms with Crippen LogP contribution in [0.5, 0.6) is 17.2 Å². The third-order valence-electron chi connectivity index (χ3n) is 6.84. The maximum atomic E-state index is 11.7. The standard InChI is InChI=1S/C33H36N2O7/c1-40-30-14-12-25(13-15-30)18-28(22-36)34(20-26-8-4-2-5-9-26)21-29(37)24-41-31-16-17-33(32(19-31)35(38)39)42-23-27-10-6-3-7-11-27/h2-17,19,28-29,36-37H,18,20-24H2,1H3/t28-,29-/m0/s1. The van der Waals surface area contributed by atoms with Gasteiger partial charge < -0.3 is 24.4 Å². The maximum Gasteiger partial charge on any atom is 0.314 e. The van der Waals surface area contributed by atoms with Crippen LogP contribution in [0.3, 0.4) is 0 Å². The fourth-order valence-electron chi connectivity index (χ4n) is 4.61. The summed E-state index contributed by atoms with van der Waals surface area (Å²) in [7, 11) is 1.61. The first-order valence-electron chi connectivity index (χ1n) is 13.7. The number of aliphatic hydroxyl groups excluding tert-OH is 2. The Bertz CT molecular complexity index is 1380. The van der Waals surface area contributed by atoms with Crippen LogP contribution in [0.25, 0.3) is 0 Å². The van der Waals surface area contributed by atoms with E-state index in [1.165, 1.54) is 12.1 Å². The normalized spacial score (nSPS) is 12.5. The third-order valence-corrected chi connectivity index (χ3v) is 6.84. The molecule has 2 N–H and O–H groups in total. The molecule has 220 valence electrons. The van der Waals surface area contributed by atoms with Crippen LogP contribution < -0.4 is 14.2 Å². The number of nitro groups is 1. The zero-order chi connectivity index (χ0) is 29.7. The summed E-state index contributed by atoms with van der Waals surface area (Å²) >= 11 is 0. The second-order valence-electron chi connectivity index (χ2n) is 9.93. The molecule has 0 fully saturated rings. The van der Waals surface area contributed by atoms with Crippen LogP contribution in [0, 0.1) is 10.1 Å². The van der Waals surface area contributed by atoms with Crippen molar-refractivity contribution >= 4 is 5.69 Å². The molecule has 9 nitrogen and oxygen atoms in total. The minimum absolute atomic E-state index is 0.0899. The molecular weight excluding hydrogens is 536 g/mol. The molecule has 0 aromatic heterocycles. The van der Waals surface area contributed by atoms with E-state index in [9.17, 15) is 20.3 Å². The highest BCUT2D eigenvalue weighted by Crippen LogP contribution is 2.32. The van der Waals surface area contributed by atoms with Crippen molar-refractivity contribution in [1.82, 2.24) is 4.90 Å². The summed E-state index contributed by atoms with van der Waals surface area (Å²) in [6.45, 7) is 0.728. The summed E-state index contributed by atoms with van der Waals surface area (Å²) in [6.07, 6.45) is -0.357. The Morgan fingerprint density at radius 1 is 0.833 bits per heavy atom. The van der Waals surface area contributed by atoms with Gasteiger partial charge in [0, 0.05) is 19.1 Å². The molecule has 9 heteroatoms. The van der Waals surface area contributed by atoms with Gasteiger partial charge in [0.15, 0.2) is 5.75 Å². The van der Waals surface area contributed by atoms with Crippen molar-refractivity contribution in [3.05, 3.63) is 130 Å². The predicted octanol–water partition coefficient (Wildman–Crippen LogP) is 5.03. The van der Waals surface area contributed by atoms with Gasteiger partial charge in [-0.15, -0.1) is 0 Å². The Kier molecular flexibility index (Phi) is 11.3. The van der Waals surface area contributed by atoms with Gasteiger partial charge in [0.1, 0.15) is 30.8 Å². The first kappa shape index (κ1) is 30.5. The minimum Gasteiger partial charge on any atom is -0.497 e. The molecule has 0 heterocycles. The molecule has 4 aromatic rings. The van der Waals surface area contributed by atoms with Crippen molar-refractivity contribution in [3.8, 4) is 17.2 Å². The molecule has 0 aliphatic carbocycles. The van der Waals surface area contributed by atoms with Gasteiger partial charge in [0.05, 0.1) is 24.7 Å². The molecular formula is C33H36N2O7. The first-order valence-corrected chi connectivity index (χ1v) is 13.7. The van der Waals surface area contributed by atoms with Crippen molar-refractivity contribution in [3.63, 3.8) is 0 Å². The van der Waals surface area contributed by atoms with Gasteiger partial charge in [-0.05, 0) is 47.4 Å². The Morgan fingerprint density at radius 2 is 1.48 bits per heavy atom. The van der Waals surface area contributed by atoms with Crippen LogP contribution in [0.4, 0.5) is 5.69 Å². The Hall–Kier alpha value is -4.44. The second-order valence-corrected chi connectivity index (χ2v) is 9.93. The van der Waals surface area contributed by atoms with Crippen LogP contribution in [0.2, 0.25) is 0 Å². The lowest BCUT2D eigenvalue weighted by molar-refractivity contribution is -0.386. The number of benzene rings is 4. The summed E-state index contributed by atoms with van der Waals surface area (Å²) in [5.74, 6) is 1.14. The van der Waals surface area contributed by atoms with Crippen LogP contribution in [-0.2, 0) is 19.6 Å². The smallest absolute Gasteiger partial charge is 0.314 e. The van der Waals surface area contributed by atoms with Crippen LogP contribution in [0.15, 0.2) is 103 Å². The van der Waals surface area contributed by atoms with Gasteiger partial charge >= 0.3 is 5.69 Å². The van der Waals surface area contributed by atoms with Gasteiger partial charge in [-0.3, -0.25) is 15.0 Å². The topological polar surface area (TPSA) is 115 Å². The van der Waals surface area contributed by atoms with Crippen molar-refractivity contribution < 1.29 is 29.3 Å². The zero-order valence-electron chi connectivity index (χ0n) is 23.5. The van der Waals surface area contributed by atoms with E-state index < -0.39 is 11.0 Å². The monoisotopic (exact) mass is 572 g/mol. The van der Waals surface area contributed by atoms with E-state index >= 15 is 0 Å². The number of ether oxygens (including phenoxy) is 3. The Labute approximate surface area is 245 Å². The lowest BCUT2D eigenvalue weighted by atomic mass is 10.0. The minimum atomic E-state index is -0.924. The first-order chi connectivity index (χ1) is 20.4. The fourth-order valence-corrected chi connectivity index (χ4v) is 4.61. The molecule has 0 spiro atoms. The number of hydrogen-bond acceptors (Lipinski definition) is 8. The molecule has 2 atom stereocenters. The van der Waals surface area contributed by atoms with Gasteiger partial charge in [-0.1, -0.05) is 72.8 Å². The molecule has 0 unspecified atom stereocenters.